The van der Waals surface area contributed by atoms with Crippen LogP contribution in [0.3, 0.4) is 0 Å². The third kappa shape index (κ3) is 16.1. The Labute approximate surface area is 314 Å². The third-order valence-electron chi connectivity index (χ3n) is 8.72. The van der Waals surface area contributed by atoms with E-state index in [2.05, 4.69) is 18.8 Å². The van der Waals surface area contributed by atoms with Crippen LogP contribution >= 0.6 is 34.8 Å². The second kappa shape index (κ2) is 22.7. The molecule has 13 heteroatoms. The van der Waals surface area contributed by atoms with Crippen LogP contribution in [0.1, 0.15) is 97.0 Å². The van der Waals surface area contributed by atoms with E-state index >= 15 is 0 Å². The van der Waals surface area contributed by atoms with Crippen molar-refractivity contribution in [3.8, 4) is 5.75 Å². The zero-order valence-electron chi connectivity index (χ0n) is 30.2. The minimum absolute atomic E-state index is 0.0437. The Bertz CT molecular complexity index is 1100. The zero-order chi connectivity index (χ0) is 36.4. The van der Waals surface area contributed by atoms with Gasteiger partial charge in [0.25, 0.3) is 0 Å². The van der Waals surface area contributed by atoms with Crippen LogP contribution in [0.15, 0.2) is 36.9 Å². The highest BCUT2D eigenvalue weighted by atomic mass is 35.6. The van der Waals surface area contributed by atoms with Crippen LogP contribution in [0.25, 0.3) is 0 Å². The molecule has 286 valence electrons. The quantitative estimate of drug-likeness (QED) is 0.0665. The average molecular weight is 767 g/mol. The number of benzene rings is 1. The summed E-state index contributed by atoms with van der Waals surface area (Å²) in [4.78, 5) is 12.9. The number of ether oxygens (including phenoxy) is 8. The van der Waals surface area contributed by atoms with Gasteiger partial charge in [0, 0.05) is 6.61 Å². The summed E-state index contributed by atoms with van der Waals surface area (Å²) in [5.41, 5.74) is 1.06. The van der Waals surface area contributed by atoms with Gasteiger partial charge in [0.15, 0.2) is 12.1 Å². The summed E-state index contributed by atoms with van der Waals surface area (Å²) in [6.45, 7) is 10.4. The number of carbonyl (C=O) groups excluding carboxylic acids is 1. The number of methoxy groups -OCH3 is 1. The molecule has 6 atom stereocenters. The van der Waals surface area contributed by atoms with Crippen LogP contribution in [-0.2, 0) is 39.8 Å². The van der Waals surface area contributed by atoms with E-state index < -0.39 is 52.9 Å². The van der Waals surface area contributed by atoms with E-state index in [1.165, 1.54) is 44.9 Å². The van der Waals surface area contributed by atoms with Crippen molar-refractivity contribution in [2.45, 2.75) is 144 Å². The summed E-state index contributed by atoms with van der Waals surface area (Å²) in [6.07, 6.45) is 10.8. The highest BCUT2D eigenvalue weighted by molar-refractivity contribution is 6.67. The molecule has 0 bridgehead atoms. The first-order valence-corrected chi connectivity index (χ1v) is 19.1. The summed E-state index contributed by atoms with van der Waals surface area (Å²) < 4.78 is 46.2. The third-order valence-corrected chi connectivity index (χ3v) is 9.04. The number of halogens is 3. The number of alkyl carbamates (subject to hydrolysis) is 1. The van der Waals surface area contributed by atoms with Gasteiger partial charge in [-0.05, 0) is 44.4 Å². The van der Waals surface area contributed by atoms with E-state index in [1.54, 1.807) is 13.2 Å². The average Bonchev–Trinajstić information content (AvgIpc) is 3.08. The molecule has 2 heterocycles. The van der Waals surface area contributed by atoms with Gasteiger partial charge in [-0.1, -0.05) is 118 Å². The Morgan fingerprint density at radius 3 is 2.36 bits per heavy atom. The predicted octanol–water partition coefficient (Wildman–Crippen LogP) is 8.82. The molecule has 0 aromatic heterocycles. The molecule has 0 saturated carbocycles. The number of nitrogens with one attached hydrogen (secondary N) is 1. The van der Waals surface area contributed by atoms with Crippen LogP contribution in [0, 0.1) is 0 Å². The molecule has 10 nitrogen and oxygen atoms in total. The maximum Gasteiger partial charge on any atom is 0.407 e. The summed E-state index contributed by atoms with van der Waals surface area (Å²) in [7, 11) is 1.65. The van der Waals surface area contributed by atoms with Gasteiger partial charge >= 0.3 is 6.09 Å². The van der Waals surface area contributed by atoms with Gasteiger partial charge in [0.1, 0.15) is 36.7 Å². The SMILES string of the molecule is C=CCO[C@H]1O[C@@H]2COC(C)(C)O[C@H]2[C@H](OCC[C@@H](CCCCCCCCCCC)OCc2ccc(OC)cc2)[C@H]1NC(=O)OCC(Cl)(Cl)Cl. The summed E-state index contributed by atoms with van der Waals surface area (Å²) >= 11 is 17.5. The Morgan fingerprint density at radius 1 is 1.04 bits per heavy atom. The van der Waals surface area contributed by atoms with Gasteiger partial charge in [0.2, 0.25) is 3.79 Å². The second-order valence-corrected chi connectivity index (χ2v) is 15.9. The lowest BCUT2D eigenvalue weighted by Crippen LogP contribution is -2.69. The predicted molar refractivity (Wildman–Crippen MR) is 196 cm³/mol. The minimum Gasteiger partial charge on any atom is -0.497 e. The molecule has 1 amide bonds. The molecule has 2 aliphatic rings. The molecule has 3 rings (SSSR count). The Morgan fingerprint density at radius 2 is 1.72 bits per heavy atom. The molecule has 0 unspecified atom stereocenters. The van der Waals surface area contributed by atoms with Crippen molar-refractivity contribution in [1.29, 1.82) is 0 Å². The monoisotopic (exact) mass is 765 g/mol. The Kier molecular flexibility index (Phi) is 19.5. The van der Waals surface area contributed by atoms with Crippen LogP contribution in [0.5, 0.6) is 5.75 Å². The van der Waals surface area contributed by atoms with Crippen molar-refractivity contribution in [3.63, 3.8) is 0 Å². The maximum absolute atomic E-state index is 12.9. The number of unbranched alkanes of at least 4 members (excludes halogenated alkanes) is 8. The maximum atomic E-state index is 12.9. The molecular weight excluding hydrogens is 709 g/mol. The molecule has 1 N–H and O–H groups in total. The fourth-order valence-corrected chi connectivity index (χ4v) is 6.24. The van der Waals surface area contributed by atoms with Crippen molar-refractivity contribution < 1.29 is 42.7 Å². The van der Waals surface area contributed by atoms with Gasteiger partial charge < -0.3 is 43.2 Å². The van der Waals surface area contributed by atoms with Gasteiger partial charge in [0.05, 0.1) is 33.0 Å². The molecule has 1 aromatic carbocycles. The van der Waals surface area contributed by atoms with E-state index in [4.69, 9.17) is 72.7 Å². The number of hydrogen-bond acceptors (Lipinski definition) is 9. The van der Waals surface area contributed by atoms with Crippen LogP contribution < -0.4 is 10.1 Å². The number of fused-ring (bicyclic) bond motifs is 1. The van der Waals surface area contributed by atoms with Gasteiger partial charge in [-0.25, -0.2) is 4.79 Å². The van der Waals surface area contributed by atoms with Gasteiger partial charge in [-0.2, -0.15) is 0 Å². The van der Waals surface area contributed by atoms with Crippen molar-refractivity contribution >= 4 is 40.9 Å². The van der Waals surface area contributed by atoms with Gasteiger partial charge in [-0.3, -0.25) is 0 Å². The lowest BCUT2D eigenvalue weighted by Gasteiger charge is -2.51. The summed E-state index contributed by atoms with van der Waals surface area (Å²) in [5, 5.41) is 2.82. The molecule has 0 spiro atoms. The van der Waals surface area contributed by atoms with E-state index in [1.807, 2.05) is 38.1 Å². The van der Waals surface area contributed by atoms with E-state index in [9.17, 15) is 4.79 Å². The molecule has 2 aliphatic heterocycles. The highest BCUT2D eigenvalue weighted by Gasteiger charge is 2.53. The smallest absolute Gasteiger partial charge is 0.407 e. The molecule has 1 aromatic rings. The van der Waals surface area contributed by atoms with E-state index in [-0.39, 0.29) is 19.3 Å². The van der Waals surface area contributed by atoms with Crippen molar-refractivity contribution in [2.75, 3.05) is 33.5 Å². The van der Waals surface area contributed by atoms with E-state index in [0.717, 1.165) is 30.6 Å². The van der Waals surface area contributed by atoms with Crippen molar-refractivity contribution in [2.24, 2.45) is 0 Å². The molecule has 2 saturated heterocycles. The van der Waals surface area contributed by atoms with Crippen LogP contribution in [-0.4, -0.2) is 86.0 Å². The van der Waals surface area contributed by atoms with E-state index in [0.29, 0.717) is 19.6 Å². The topological polar surface area (TPSA) is 103 Å². The fourth-order valence-electron chi connectivity index (χ4n) is 6.07. The van der Waals surface area contributed by atoms with Crippen LogP contribution in [0.2, 0.25) is 0 Å². The minimum atomic E-state index is -1.77. The molecule has 50 heavy (non-hydrogen) atoms. The standard InChI is InChI=1S/C37H58Cl3NO9/c1-6-8-9-10-11-12-13-14-15-16-29(46-24-27-17-19-28(43-5)20-18-27)21-23-44-33-31(41-35(42)47-26-37(38,39)40)34(45-22-7-2)49-30-25-48-36(3,4)50-32(30)33/h7,17-20,29-34H,2,6,8-16,21-26H2,1,3-5H3,(H,41,42)/t29-,30-,31-,32-,33-,34+/m1/s1. The van der Waals surface area contributed by atoms with Gasteiger partial charge in [-0.15, -0.1) is 6.58 Å². The molecular formula is C37H58Cl3NO9. The number of alkyl halides is 3. The van der Waals surface area contributed by atoms with Crippen molar-refractivity contribution in [1.82, 2.24) is 5.32 Å². The summed E-state index contributed by atoms with van der Waals surface area (Å²) in [5.74, 6) is -0.0991. The van der Waals surface area contributed by atoms with Crippen LogP contribution in [0.4, 0.5) is 4.79 Å². The normalized spacial score (nSPS) is 23.9. The lowest BCUT2D eigenvalue weighted by molar-refractivity contribution is -0.371. The number of hydrogen-bond donors (Lipinski definition) is 1. The first kappa shape index (κ1) is 43.1. The second-order valence-electron chi connectivity index (χ2n) is 13.3. The van der Waals surface area contributed by atoms with Crippen molar-refractivity contribution in [3.05, 3.63) is 42.5 Å². The highest BCUT2D eigenvalue weighted by Crippen LogP contribution is 2.35. The summed E-state index contributed by atoms with van der Waals surface area (Å²) in [6, 6.07) is 7.07. The first-order valence-electron chi connectivity index (χ1n) is 18.0. The molecule has 0 aliphatic carbocycles. The lowest BCUT2D eigenvalue weighted by atomic mass is 9.95. The largest absolute Gasteiger partial charge is 0.497 e. The number of carbonyl (C=O) groups is 1. The first-order chi connectivity index (χ1) is 23.9. The molecule has 2 fully saturated rings. The molecule has 0 radical (unpaired) electrons. The Hall–Kier alpha value is -1.34. The Balaban J connectivity index is 1.69. The fraction of sp³-hybridized carbons (Fsp3) is 0.757. The number of rotatable bonds is 23. The number of amides is 1. The zero-order valence-corrected chi connectivity index (χ0v) is 32.4.